The van der Waals surface area contributed by atoms with Gasteiger partial charge in [-0.3, -0.25) is 9.78 Å². The van der Waals surface area contributed by atoms with E-state index in [0.29, 0.717) is 0 Å². The molecule has 1 aromatic heterocycles. The van der Waals surface area contributed by atoms with E-state index in [2.05, 4.69) is 4.98 Å². The molecular formula is C8H5ClF3NO. The van der Waals surface area contributed by atoms with E-state index in [1.807, 2.05) is 0 Å². The Bertz CT molecular complexity index is 381. The second-order valence-corrected chi connectivity index (χ2v) is 2.94. The number of nitrogens with zero attached hydrogens (tertiary/aromatic N) is 1. The first kappa shape index (κ1) is 11.0. The molecule has 0 saturated carbocycles. The Kier molecular flexibility index (Phi) is 3.10. The number of rotatable bonds is 2. The van der Waals surface area contributed by atoms with E-state index < -0.39 is 28.7 Å². The molecular weight excluding hydrogens is 219 g/mol. The quantitative estimate of drug-likeness (QED) is 0.722. The second kappa shape index (κ2) is 3.96. The molecule has 0 atom stereocenters. The molecule has 0 saturated heterocycles. The third-order valence-corrected chi connectivity index (χ3v) is 1.81. The lowest BCUT2D eigenvalue weighted by atomic mass is 10.1. The van der Waals surface area contributed by atoms with Gasteiger partial charge in [0.2, 0.25) is 0 Å². The van der Waals surface area contributed by atoms with Crippen molar-refractivity contribution in [2.24, 2.45) is 0 Å². The summed E-state index contributed by atoms with van der Waals surface area (Å²) in [5, 5.41) is -1.20. The van der Waals surface area contributed by atoms with Crippen LogP contribution < -0.4 is 0 Å². The summed E-state index contributed by atoms with van der Waals surface area (Å²) in [6, 6.07) is 0. The average molecular weight is 224 g/mol. The summed E-state index contributed by atoms with van der Waals surface area (Å²) in [6.07, 6.45) is -2.13. The zero-order chi connectivity index (χ0) is 10.9. The minimum atomic E-state index is -3.11. The molecule has 0 radical (unpaired) electrons. The molecule has 0 fully saturated rings. The lowest BCUT2D eigenvalue weighted by Crippen LogP contribution is -2.06. The van der Waals surface area contributed by atoms with Crippen LogP contribution in [0, 0.1) is 12.7 Å². The largest absolute Gasteiger partial charge is 0.274 e. The normalized spacial score (nSPS) is 10.7. The van der Waals surface area contributed by atoms with Crippen molar-refractivity contribution in [1.82, 2.24) is 4.98 Å². The van der Waals surface area contributed by atoms with Crippen molar-refractivity contribution in [1.29, 1.82) is 0 Å². The zero-order valence-corrected chi connectivity index (χ0v) is 7.78. The van der Waals surface area contributed by atoms with Crippen molar-refractivity contribution in [3.63, 3.8) is 0 Å². The van der Waals surface area contributed by atoms with E-state index >= 15 is 0 Å². The molecule has 2 nitrogen and oxygen atoms in total. The lowest BCUT2D eigenvalue weighted by Gasteiger charge is -2.07. The van der Waals surface area contributed by atoms with Crippen LogP contribution in [0.5, 0.6) is 0 Å². The Morgan fingerprint density at radius 3 is 2.57 bits per heavy atom. The van der Waals surface area contributed by atoms with Gasteiger partial charge in [-0.25, -0.2) is 13.2 Å². The number of aromatic nitrogens is 1. The molecule has 0 aliphatic carbocycles. The molecule has 14 heavy (non-hydrogen) atoms. The third kappa shape index (κ3) is 1.87. The van der Waals surface area contributed by atoms with Crippen LogP contribution >= 0.6 is 11.6 Å². The third-order valence-electron chi connectivity index (χ3n) is 1.63. The fourth-order valence-electron chi connectivity index (χ4n) is 0.960. The Hall–Kier alpha value is -1.10. The Morgan fingerprint density at radius 1 is 1.57 bits per heavy atom. The van der Waals surface area contributed by atoms with Crippen LogP contribution in [0.2, 0.25) is 0 Å². The van der Waals surface area contributed by atoms with Gasteiger partial charge < -0.3 is 0 Å². The number of carbonyl (C=O) groups excluding carboxylic acids is 1. The molecule has 0 aliphatic heterocycles. The molecule has 0 spiro atoms. The van der Waals surface area contributed by atoms with Gasteiger partial charge >= 0.3 is 0 Å². The highest BCUT2D eigenvalue weighted by Gasteiger charge is 2.24. The zero-order valence-electron chi connectivity index (χ0n) is 7.02. The van der Waals surface area contributed by atoms with Crippen molar-refractivity contribution in [2.45, 2.75) is 13.3 Å². The first-order valence-corrected chi connectivity index (χ1v) is 3.96. The van der Waals surface area contributed by atoms with Gasteiger partial charge in [0.25, 0.3) is 11.7 Å². The number of carbonyl (C=O) groups is 1. The first-order chi connectivity index (χ1) is 6.45. The van der Waals surface area contributed by atoms with E-state index in [4.69, 9.17) is 11.6 Å². The van der Waals surface area contributed by atoms with Crippen LogP contribution in [-0.2, 0) is 0 Å². The van der Waals surface area contributed by atoms with Gasteiger partial charge in [-0.1, -0.05) is 0 Å². The van der Waals surface area contributed by atoms with Crippen LogP contribution in [0.1, 0.15) is 28.0 Å². The van der Waals surface area contributed by atoms with E-state index in [1.165, 1.54) is 6.92 Å². The molecule has 1 rings (SSSR count). The lowest BCUT2D eigenvalue weighted by molar-refractivity contribution is 0.105. The molecule has 6 heteroatoms. The highest BCUT2D eigenvalue weighted by Crippen LogP contribution is 2.27. The SMILES string of the molecule is Cc1cnc(C(=O)Cl)c(C(F)F)c1F. The smallest absolute Gasteiger partial charge is 0.271 e. The maximum absolute atomic E-state index is 13.1. The molecule has 1 heterocycles. The summed E-state index contributed by atoms with van der Waals surface area (Å²) in [7, 11) is 0. The van der Waals surface area contributed by atoms with Gasteiger partial charge in [0.05, 0.1) is 5.56 Å². The molecule has 1 aromatic rings. The van der Waals surface area contributed by atoms with Crippen LogP contribution in [0.15, 0.2) is 6.20 Å². The summed E-state index contributed by atoms with van der Waals surface area (Å²) < 4.78 is 37.8. The van der Waals surface area contributed by atoms with Gasteiger partial charge in [-0.2, -0.15) is 0 Å². The van der Waals surface area contributed by atoms with E-state index in [0.717, 1.165) is 6.20 Å². The Labute approximate surface area is 82.7 Å². The van der Waals surface area contributed by atoms with Crippen LogP contribution in [0.3, 0.4) is 0 Å². The van der Waals surface area contributed by atoms with Crippen molar-refractivity contribution in [3.8, 4) is 0 Å². The number of hydrogen-bond acceptors (Lipinski definition) is 2. The van der Waals surface area contributed by atoms with Crippen LogP contribution in [0.4, 0.5) is 13.2 Å². The van der Waals surface area contributed by atoms with Crippen molar-refractivity contribution in [2.75, 3.05) is 0 Å². The molecule has 0 N–H and O–H groups in total. The van der Waals surface area contributed by atoms with Gasteiger partial charge in [0, 0.05) is 11.8 Å². The second-order valence-electron chi connectivity index (χ2n) is 2.59. The molecule has 0 unspecified atom stereocenters. The molecule has 76 valence electrons. The van der Waals surface area contributed by atoms with E-state index in [-0.39, 0.29) is 5.56 Å². The van der Waals surface area contributed by atoms with E-state index in [9.17, 15) is 18.0 Å². The van der Waals surface area contributed by atoms with Crippen LogP contribution in [0.25, 0.3) is 0 Å². The minimum Gasteiger partial charge on any atom is -0.274 e. The maximum atomic E-state index is 13.1. The van der Waals surface area contributed by atoms with Crippen LogP contribution in [-0.4, -0.2) is 10.2 Å². The molecule has 0 aromatic carbocycles. The Morgan fingerprint density at radius 2 is 2.14 bits per heavy atom. The summed E-state index contributed by atoms with van der Waals surface area (Å²) in [5.74, 6) is -1.14. The number of pyridine rings is 1. The highest BCUT2D eigenvalue weighted by atomic mass is 35.5. The monoisotopic (exact) mass is 223 g/mol. The number of alkyl halides is 2. The number of aryl methyl sites for hydroxylation is 1. The Balaban J connectivity index is 3.45. The van der Waals surface area contributed by atoms with Gasteiger partial charge in [0.1, 0.15) is 11.5 Å². The summed E-state index contributed by atoms with van der Waals surface area (Å²) in [4.78, 5) is 14.0. The standard InChI is InChI=1S/C8H5ClF3NO/c1-3-2-13-6(7(9)14)4(5(3)10)8(11)12/h2,8H,1H3. The van der Waals surface area contributed by atoms with Gasteiger partial charge in [-0.05, 0) is 18.5 Å². The molecule has 0 amide bonds. The average Bonchev–Trinajstić information content (AvgIpc) is 2.08. The van der Waals surface area contributed by atoms with Gasteiger partial charge in [0.15, 0.2) is 0 Å². The number of halogens is 4. The fourth-order valence-corrected chi connectivity index (χ4v) is 1.11. The summed E-state index contributed by atoms with van der Waals surface area (Å²) in [5.41, 5.74) is -1.82. The minimum absolute atomic E-state index is 0.0537. The number of hydrogen-bond donors (Lipinski definition) is 0. The van der Waals surface area contributed by atoms with Gasteiger partial charge in [-0.15, -0.1) is 0 Å². The van der Waals surface area contributed by atoms with E-state index in [1.54, 1.807) is 0 Å². The van der Waals surface area contributed by atoms with Crippen molar-refractivity contribution < 1.29 is 18.0 Å². The molecule has 0 aliphatic rings. The topological polar surface area (TPSA) is 30.0 Å². The fraction of sp³-hybridized carbons (Fsp3) is 0.250. The highest BCUT2D eigenvalue weighted by molar-refractivity contribution is 6.67. The predicted molar refractivity (Wildman–Crippen MR) is 44.1 cm³/mol. The summed E-state index contributed by atoms with van der Waals surface area (Å²) in [6.45, 7) is 1.27. The maximum Gasteiger partial charge on any atom is 0.271 e. The van der Waals surface area contributed by atoms with Crippen molar-refractivity contribution in [3.05, 3.63) is 28.8 Å². The summed E-state index contributed by atoms with van der Waals surface area (Å²) >= 11 is 4.98. The molecule has 0 bridgehead atoms. The first-order valence-electron chi connectivity index (χ1n) is 3.58. The predicted octanol–water partition coefficient (Wildman–Crippen LogP) is 2.85. The van der Waals surface area contributed by atoms with Crippen molar-refractivity contribution >= 4 is 16.8 Å².